The average Bonchev–Trinajstić information content (AvgIpc) is 2.47. The maximum absolute atomic E-state index is 7.25. The second-order valence-electron chi connectivity index (χ2n) is 4.15. The van der Waals surface area contributed by atoms with Crippen LogP contribution in [0.2, 0.25) is 0 Å². The van der Waals surface area contributed by atoms with Gasteiger partial charge in [0.25, 0.3) is 0 Å². The molecule has 3 N–H and O–H groups in total. The molecule has 0 spiro atoms. The van der Waals surface area contributed by atoms with Crippen LogP contribution in [0.5, 0.6) is 0 Å². The van der Waals surface area contributed by atoms with Gasteiger partial charge in [-0.25, -0.2) is 0 Å². The van der Waals surface area contributed by atoms with Crippen LogP contribution in [0.4, 0.5) is 0 Å². The minimum atomic E-state index is 0. The van der Waals surface area contributed by atoms with Gasteiger partial charge < -0.3 is 5.73 Å². The molecule has 0 heterocycles. The number of amidine groups is 1. The molecular formula is C13H16BrClN2S. The zero-order chi connectivity index (χ0) is 12.3. The molecule has 0 saturated carbocycles. The molecule has 0 aliphatic heterocycles. The second-order valence-corrected chi connectivity index (χ2v) is 6.09. The van der Waals surface area contributed by atoms with Crippen molar-refractivity contribution in [2.24, 2.45) is 5.73 Å². The van der Waals surface area contributed by atoms with Gasteiger partial charge in [-0.2, -0.15) is 0 Å². The van der Waals surface area contributed by atoms with E-state index in [0.29, 0.717) is 0 Å². The number of fused-ring (bicyclic) bond motifs is 1. The first-order chi connectivity index (χ1) is 8.15. The van der Waals surface area contributed by atoms with E-state index >= 15 is 0 Å². The van der Waals surface area contributed by atoms with Crippen LogP contribution in [-0.2, 0) is 6.42 Å². The number of nitrogens with one attached hydrogen (secondary N) is 1. The van der Waals surface area contributed by atoms with E-state index in [-0.39, 0.29) is 17.6 Å². The number of halogens is 2. The number of thioether (sulfide) groups is 1. The summed E-state index contributed by atoms with van der Waals surface area (Å²) in [6.45, 7) is 0. The van der Waals surface area contributed by atoms with Crippen molar-refractivity contribution in [2.75, 3.05) is 5.75 Å². The SMILES string of the molecule is Cl.N=C(N)SCC1=Cc2cc(Br)ccc2CCC1. The molecule has 0 fully saturated rings. The summed E-state index contributed by atoms with van der Waals surface area (Å²) in [7, 11) is 0. The quantitative estimate of drug-likeness (QED) is 0.621. The van der Waals surface area contributed by atoms with Crippen molar-refractivity contribution < 1.29 is 0 Å². The molecular weight excluding hydrogens is 332 g/mol. The highest BCUT2D eigenvalue weighted by Crippen LogP contribution is 2.27. The van der Waals surface area contributed by atoms with E-state index in [0.717, 1.165) is 23.1 Å². The first-order valence-electron chi connectivity index (χ1n) is 5.60. The van der Waals surface area contributed by atoms with Gasteiger partial charge in [0.05, 0.1) is 0 Å². The first-order valence-corrected chi connectivity index (χ1v) is 7.38. The summed E-state index contributed by atoms with van der Waals surface area (Å²) in [6.07, 6.45) is 5.67. The van der Waals surface area contributed by atoms with Crippen LogP contribution >= 0.6 is 40.1 Å². The highest BCUT2D eigenvalue weighted by molar-refractivity contribution is 9.10. The zero-order valence-electron chi connectivity index (χ0n) is 9.91. The van der Waals surface area contributed by atoms with Crippen LogP contribution in [0.1, 0.15) is 24.0 Å². The minimum absolute atomic E-state index is 0. The summed E-state index contributed by atoms with van der Waals surface area (Å²) in [5.41, 5.74) is 9.47. The normalized spacial score (nSPS) is 13.9. The molecule has 2 rings (SSSR count). The molecule has 1 aromatic carbocycles. The molecule has 1 aliphatic rings. The summed E-state index contributed by atoms with van der Waals surface area (Å²) in [5.74, 6) is 0.835. The van der Waals surface area contributed by atoms with Gasteiger partial charge in [0, 0.05) is 10.2 Å². The van der Waals surface area contributed by atoms with E-state index in [1.54, 1.807) is 0 Å². The standard InChI is InChI=1S/C13H15BrN2S.ClH/c14-12-5-4-10-3-1-2-9(6-11(10)7-12)8-17-13(15)16;/h4-7H,1-3,8H2,(H3,15,16);1H. The van der Waals surface area contributed by atoms with Gasteiger partial charge in [0.2, 0.25) is 0 Å². The maximum Gasteiger partial charge on any atom is 0.151 e. The van der Waals surface area contributed by atoms with Crippen molar-refractivity contribution in [2.45, 2.75) is 19.3 Å². The van der Waals surface area contributed by atoms with Crippen molar-refractivity contribution in [3.8, 4) is 0 Å². The molecule has 0 radical (unpaired) electrons. The smallest absolute Gasteiger partial charge is 0.151 e. The van der Waals surface area contributed by atoms with Crippen molar-refractivity contribution >= 4 is 51.3 Å². The van der Waals surface area contributed by atoms with Gasteiger partial charge in [-0.3, -0.25) is 5.41 Å². The fourth-order valence-electron chi connectivity index (χ4n) is 2.01. The number of benzene rings is 1. The highest BCUT2D eigenvalue weighted by Gasteiger charge is 2.09. The third-order valence-electron chi connectivity index (χ3n) is 2.82. The Hall–Kier alpha value is -0.450. The van der Waals surface area contributed by atoms with E-state index in [4.69, 9.17) is 11.1 Å². The predicted octanol–water partition coefficient (Wildman–Crippen LogP) is 4.22. The maximum atomic E-state index is 7.25. The van der Waals surface area contributed by atoms with Crippen LogP contribution in [0.15, 0.2) is 28.2 Å². The summed E-state index contributed by atoms with van der Waals surface area (Å²) in [6, 6.07) is 6.46. The lowest BCUT2D eigenvalue weighted by Crippen LogP contribution is -2.05. The van der Waals surface area contributed by atoms with Crippen LogP contribution in [0.25, 0.3) is 6.08 Å². The molecule has 0 saturated heterocycles. The molecule has 1 aliphatic carbocycles. The number of rotatable bonds is 2. The lowest BCUT2D eigenvalue weighted by Gasteiger charge is -2.04. The second kappa shape index (κ2) is 7.22. The lowest BCUT2D eigenvalue weighted by molar-refractivity contribution is 0.826. The Balaban J connectivity index is 0.00000162. The van der Waals surface area contributed by atoms with Crippen molar-refractivity contribution in [1.82, 2.24) is 0 Å². The summed E-state index contributed by atoms with van der Waals surface area (Å²) < 4.78 is 1.12. The van der Waals surface area contributed by atoms with Crippen molar-refractivity contribution in [1.29, 1.82) is 5.41 Å². The highest BCUT2D eigenvalue weighted by atomic mass is 79.9. The Morgan fingerprint density at radius 2 is 2.17 bits per heavy atom. The van der Waals surface area contributed by atoms with Crippen LogP contribution in [0, 0.1) is 5.41 Å². The first kappa shape index (κ1) is 15.6. The molecule has 0 aromatic heterocycles. The fraction of sp³-hybridized carbons (Fsp3) is 0.308. The molecule has 18 heavy (non-hydrogen) atoms. The molecule has 0 bridgehead atoms. The molecule has 1 aromatic rings. The van der Waals surface area contributed by atoms with Gasteiger partial charge in [-0.15, -0.1) is 12.4 Å². The largest absolute Gasteiger partial charge is 0.379 e. The Morgan fingerprint density at radius 1 is 1.39 bits per heavy atom. The fourth-order valence-corrected chi connectivity index (χ4v) is 2.96. The van der Waals surface area contributed by atoms with E-state index in [2.05, 4.69) is 40.2 Å². The van der Waals surface area contributed by atoms with Crippen molar-refractivity contribution in [3.63, 3.8) is 0 Å². The third-order valence-corrected chi connectivity index (χ3v) is 4.14. The van der Waals surface area contributed by atoms with Crippen LogP contribution < -0.4 is 5.73 Å². The van der Waals surface area contributed by atoms with E-state index in [1.807, 2.05) is 0 Å². The predicted molar refractivity (Wildman–Crippen MR) is 86.7 cm³/mol. The number of hydrogen-bond acceptors (Lipinski definition) is 2. The number of hydrogen-bond donors (Lipinski definition) is 2. The van der Waals surface area contributed by atoms with Crippen LogP contribution in [0.3, 0.4) is 0 Å². The van der Waals surface area contributed by atoms with Gasteiger partial charge in [0.1, 0.15) is 0 Å². The van der Waals surface area contributed by atoms with E-state index in [1.165, 1.54) is 34.9 Å². The van der Waals surface area contributed by atoms with Crippen molar-refractivity contribution in [3.05, 3.63) is 39.4 Å². The van der Waals surface area contributed by atoms with Gasteiger partial charge >= 0.3 is 0 Å². The molecule has 0 atom stereocenters. The Labute approximate surface area is 126 Å². The molecule has 0 amide bonds. The van der Waals surface area contributed by atoms with E-state index in [9.17, 15) is 0 Å². The monoisotopic (exact) mass is 346 g/mol. The summed E-state index contributed by atoms with van der Waals surface area (Å²) in [5, 5.41) is 7.45. The molecule has 2 nitrogen and oxygen atoms in total. The van der Waals surface area contributed by atoms with E-state index < -0.39 is 0 Å². The van der Waals surface area contributed by atoms with Gasteiger partial charge in [-0.1, -0.05) is 45.4 Å². The zero-order valence-corrected chi connectivity index (χ0v) is 13.1. The summed E-state index contributed by atoms with van der Waals surface area (Å²) >= 11 is 4.92. The molecule has 98 valence electrons. The average molecular weight is 348 g/mol. The Kier molecular flexibility index (Phi) is 6.26. The minimum Gasteiger partial charge on any atom is -0.379 e. The molecule has 0 unspecified atom stereocenters. The number of nitrogens with two attached hydrogens (primary N) is 1. The topological polar surface area (TPSA) is 49.9 Å². The van der Waals surface area contributed by atoms with Gasteiger partial charge in [0.15, 0.2) is 5.17 Å². The number of aryl methyl sites for hydroxylation is 1. The third kappa shape index (κ3) is 4.34. The summed E-state index contributed by atoms with van der Waals surface area (Å²) in [4.78, 5) is 0. The molecule has 5 heteroatoms. The van der Waals surface area contributed by atoms with Crippen LogP contribution in [-0.4, -0.2) is 10.9 Å². The lowest BCUT2D eigenvalue weighted by atomic mass is 10.1. The Morgan fingerprint density at radius 3 is 2.89 bits per heavy atom. The van der Waals surface area contributed by atoms with Gasteiger partial charge in [-0.05, 0) is 42.5 Å². The Bertz CT molecular complexity index is 474.